The molecule has 1 fully saturated rings. The van der Waals surface area contributed by atoms with Crippen molar-refractivity contribution >= 4 is 34.9 Å². The van der Waals surface area contributed by atoms with Gasteiger partial charge in [-0.3, -0.25) is 4.98 Å². The van der Waals surface area contributed by atoms with E-state index in [1.54, 1.807) is 22.0 Å². The van der Waals surface area contributed by atoms with Crippen LogP contribution in [0.5, 0.6) is 0 Å². The Balaban J connectivity index is 0.00000274. The number of nitriles is 1. The molecule has 4 aromatic rings. The van der Waals surface area contributed by atoms with Crippen LogP contribution >= 0.6 is 23.7 Å². The molecule has 0 aliphatic heterocycles. The molecule has 0 amide bonds. The van der Waals surface area contributed by atoms with Crippen LogP contribution in [0.25, 0.3) is 27.5 Å². The summed E-state index contributed by atoms with van der Waals surface area (Å²) in [4.78, 5) is 4.75. The van der Waals surface area contributed by atoms with Gasteiger partial charge >= 0.3 is 0 Å². The Hall–Kier alpha value is -3.06. The Morgan fingerprint density at radius 3 is 2.68 bits per heavy atom. The molecule has 8 nitrogen and oxygen atoms in total. The Morgan fingerprint density at radius 2 is 1.94 bits per heavy atom. The Kier molecular flexibility index (Phi) is 7.12. The second-order valence-electron chi connectivity index (χ2n) is 8.88. The topological polar surface area (TPSA) is 118 Å². The zero-order valence-electron chi connectivity index (χ0n) is 19.1. The lowest BCUT2D eigenvalue weighted by Crippen LogP contribution is -2.25. The molecule has 0 saturated heterocycles. The monoisotopic (exact) mass is 494 g/mol. The molecule has 0 radical (unpaired) electrons. The van der Waals surface area contributed by atoms with Crippen molar-refractivity contribution in [3.05, 3.63) is 47.2 Å². The SMILES string of the molecule is CC(C)Nc1cc(-c2ccc3cc(C#N)cnn23)ncc1-c1nnc([C@H]2CC[C@H](N)CC2)s1.Cl. The molecule has 0 bridgehead atoms. The van der Waals surface area contributed by atoms with Gasteiger partial charge in [-0.05, 0) is 63.8 Å². The highest BCUT2D eigenvalue weighted by atomic mass is 35.5. The average Bonchev–Trinajstić information content (AvgIpc) is 3.46. The Bertz CT molecular complexity index is 1330. The highest BCUT2D eigenvalue weighted by molar-refractivity contribution is 7.14. The predicted molar refractivity (Wildman–Crippen MR) is 137 cm³/mol. The first-order valence-electron chi connectivity index (χ1n) is 11.3. The van der Waals surface area contributed by atoms with Crippen molar-refractivity contribution in [2.75, 3.05) is 5.32 Å². The van der Waals surface area contributed by atoms with E-state index >= 15 is 0 Å². The molecular weight excluding hydrogens is 468 g/mol. The number of aromatic nitrogens is 5. The summed E-state index contributed by atoms with van der Waals surface area (Å²) in [5.74, 6) is 0.446. The van der Waals surface area contributed by atoms with Gasteiger partial charge in [-0.25, -0.2) is 4.52 Å². The Morgan fingerprint density at radius 1 is 1.15 bits per heavy atom. The van der Waals surface area contributed by atoms with Gasteiger partial charge in [0.15, 0.2) is 5.01 Å². The molecule has 1 aliphatic carbocycles. The molecule has 10 heteroatoms. The van der Waals surface area contributed by atoms with E-state index in [-0.39, 0.29) is 18.4 Å². The van der Waals surface area contributed by atoms with Crippen molar-refractivity contribution in [1.29, 1.82) is 5.26 Å². The van der Waals surface area contributed by atoms with Crippen molar-refractivity contribution in [2.45, 2.75) is 57.5 Å². The fourth-order valence-electron chi connectivity index (χ4n) is 4.33. The number of rotatable bonds is 5. The zero-order chi connectivity index (χ0) is 22.9. The maximum absolute atomic E-state index is 9.14. The molecule has 4 aromatic heterocycles. The third-order valence-electron chi connectivity index (χ3n) is 6.03. The molecule has 0 aromatic carbocycles. The van der Waals surface area contributed by atoms with E-state index in [0.29, 0.717) is 17.5 Å². The first-order chi connectivity index (χ1) is 16.0. The molecule has 0 spiro atoms. The van der Waals surface area contributed by atoms with E-state index in [9.17, 15) is 0 Å². The summed E-state index contributed by atoms with van der Waals surface area (Å²) in [6.45, 7) is 4.22. The van der Waals surface area contributed by atoms with E-state index < -0.39 is 0 Å². The van der Waals surface area contributed by atoms with E-state index in [1.807, 2.05) is 30.5 Å². The summed E-state index contributed by atoms with van der Waals surface area (Å²) in [5, 5.41) is 28.1. The zero-order valence-corrected chi connectivity index (χ0v) is 20.7. The number of fused-ring (bicyclic) bond motifs is 1. The number of nitrogens with one attached hydrogen (secondary N) is 1. The minimum absolute atomic E-state index is 0. The molecule has 1 aliphatic rings. The van der Waals surface area contributed by atoms with Crippen LogP contribution in [0.15, 0.2) is 36.7 Å². The summed E-state index contributed by atoms with van der Waals surface area (Å²) in [5.41, 5.74) is 11.0. The van der Waals surface area contributed by atoms with E-state index in [4.69, 9.17) is 16.0 Å². The number of halogens is 1. The van der Waals surface area contributed by atoms with Crippen LogP contribution in [0.2, 0.25) is 0 Å². The van der Waals surface area contributed by atoms with Crippen molar-refractivity contribution in [2.24, 2.45) is 5.73 Å². The lowest BCUT2D eigenvalue weighted by atomic mass is 9.87. The number of hydrogen-bond donors (Lipinski definition) is 2. The van der Waals surface area contributed by atoms with Gasteiger partial charge in [0.2, 0.25) is 0 Å². The average molecular weight is 495 g/mol. The van der Waals surface area contributed by atoms with E-state index in [0.717, 1.165) is 63.9 Å². The Labute approximate surface area is 208 Å². The van der Waals surface area contributed by atoms with Gasteiger partial charge < -0.3 is 11.1 Å². The van der Waals surface area contributed by atoms with Gasteiger partial charge in [-0.2, -0.15) is 10.4 Å². The van der Waals surface area contributed by atoms with Crippen molar-refractivity contribution in [3.8, 4) is 28.0 Å². The fraction of sp³-hybridized carbons (Fsp3) is 0.375. The van der Waals surface area contributed by atoms with Crippen LogP contribution in [-0.2, 0) is 0 Å². The normalized spacial score (nSPS) is 18.0. The van der Waals surface area contributed by atoms with Crippen molar-refractivity contribution in [1.82, 2.24) is 24.8 Å². The van der Waals surface area contributed by atoms with Gasteiger partial charge in [0, 0.05) is 29.9 Å². The summed E-state index contributed by atoms with van der Waals surface area (Å²) in [6.07, 6.45) is 7.68. The minimum atomic E-state index is 0. The summed E-state index contributed by atoms with van der Waals surface area (Å²) in [6, 6.07) is 10.5. The lowest BCUT2D eigenvalue weighted by Gasteiger charge is -2.23. The maximum Gasteiger partial charge on any atom is 0.151 e. The standard InChI is InChI=1S/C24H26N8S.ClH/c1-14(2)29-20-10-21(22-8-7-18-9-15(11-25)12-28-32(18)22)27-13-19(20)24-31-30-23(33-24)16-3-5-17(26)6-4-16;/h7-10,12-14,16-17H,3-6,26H2,1-2H3,(H,27,29);1H/t16-,17-;. The molecule has 34 heavy (non-hydrogen) atoms. The van der Waals surface area contributed by atoms with Gasteiger partial charge in [-0.15, -0.1) is 22.6 Å². The molecule has 3 N–H and O–H groups in total. The highest BCUT2D eigenvalue weighted by Gasteiger charge is 2.24. The highest BCUT2D eigenvalue weighted by Crippen LogP contribution is 2.38. The number of nitrogens with zero attached hydrogens (tertiary/aromatic N) is 6. The molecule has 0 unspecified atom stereocenters. The predicted octanol–water partition coefficient (Wildman–Crippen LogP) is 5.01. The minimum Gasteiger partial charge on any atom is -0.382 e. The third-order valence-corrected chi connectivity index (χ3v) is 7.15. The first kappa shape index (κ1) is 24.1. The van der Waals surface area contributed by atoms with Crippen LogP contribution in [0.4, 0.5) is 5.69 Å². The second-order valence-corrected chi connectivity index (χ2v) is 9.89. The summed E-state index contributed by atoms with van der Waals surface area (Å²) >= 11 is 1.65. The van der Waals surface area contributed by atoms with Gasteiger partial charge in [0.1, 0.15) is 11.1 Å². The third kappa shape index (κ3) is 4.75. The molecule has 176 valence electrons. The van der Waals surface area contributed by atoms with Gasteiger partial charge in [0.25, 0.3) is 0 Å². The maximum atomic E-state index is 9.14. The number of hydrogen-bond acceptors (Lipinski definition) is 8. The van der Waals surface area contributed by atoms with Crippen LogP contribution in [0.1, 0.15) is 56.0 Å². The van der Waals surface area contributed by atoms with Crippen molar-refractivity contribution < 1.29 is 0 Å². The lowest BCUT2D eigenvalue weighted by molar-refractivity contribution is 0.393. The smallest absolute Gasteiger partial charge is 0.151 e. The number of nitrogens with two attached hydrogens (primary N) is 1. The molecule has 5 rings (SSSR count). The van der Waals surface area contributed by atoms with Crippen molar-refractivity contribution in [3.63, 3.8) is 0 Å². The first-order valence-corrected chi connectivity index (χ1v) is 12.1. The summed E-state index contributed by atoms with van der Waals surface area (Å²) in [7, 11) is 0. The van der Waals surface area contributed by atoms with Gasteiger partial charge in [0.05, 0.1) is 34.2 Å². The van der Waals surface area contributed by atoms with E-state index in [1.165, 1.54) is 0 Å². The largest absolute Gasteiger partial charge is 0.382 e. The fourth-order valence-corrected chi connectivity index (χ4v) is 5.36. The van der Waals surface area contributed by atoms with Crippen LogP contribution in [0.3, 0.4) is 0 Å². The molecule has 0 atom stereocenters. The van der Waals surface area contributed by atoms with Crippen LogP contribution < -0.4 is 11.1 Å². The van der Waals surface area contributed by atoms with Crippen LogP contribution in [0, 0.1) is 11.3 Å². The molecule has 4 heterocycles. The quantitative estimate of drug-likeness (QED) is 0.400. The molecular formula is C24H27ClN8S. The van der Waals surface area contributed by atoms with Gasteiger partial charge in [-0.1, -0.05) is 11.3 Å². The number of pyridine rings is 1. The summed E-state index contributed by atoms with van der Waals surface area (Å²) < 4.78 is 1.80. The van der Waals surface area contributed by atoms with E-state index in [2.05, 4.69) is 40.5 Å². The molecule has 1 saturated carbocycles. The van der Waals surface area contributed by atoms with Crippen LogP contribution in [-0.4, -0.2) is 36.9 Å². The second kappa shape index (κ2) is 10.1. The number of anilines is 1.